The van der Waals surface area contributed by atoms with Crippen LogP contribution in [0.25, 0.3) is 11.0 Å². The lowest BCUT2D eigenvalue weighted by Gasteiger charge is -2.13. The summed E-state index contributed by atoms with van der Waals surface area (Å²) in [6.07, 6.45) is 7.47. The van der Waals surface area contributed by atoms with Crippen molar-refractivity contribution in [2.45, 2.75) is 26.9 Å². The lowest BCUT2D eigenvalue weighted by molar-refractivity contribution is 0.620. The summed E-state index contributed by atoms with van der Waals surface area (Å²) in [4.78, 5) is 13.5. The number of aromatic nitrogens is 4. The van der Waals surface area contributed by atoms with Crippen LogP contribution in [0, 0.1) is 12.7 Å². The summed E-state index contributed by atoms with van der Waals surface area (Å²) in [5.41, 5.74) is 2.26. The fraction of sp³-hybridized carbons (Fsp3) is 0.278. The topological polar surface area (TPSA) is 60.0 Å². The van der Waals surface area contributed by atoms with Gasteiger partial charge in [0.2, 0.25) is 0 Å². The van der Waals surface area contributed by atoms with Crippen LogP contribution in [0.3, 0.4) is 0 Å². The van der Waals surface area contributed by atoms with Crippen LogP contribution in [0.2, 0.25) is 0 Å². The molecule has 2 aromatic heterocycles. The zero-order valence-electron chi connectivity index (χ0n) is 14.2. The van der Waals surface area contributed by atoms with E-state index in [1.54, 1.807) is 13.1 Å². The molecule has 6 nitrogen and oxygen atoms in total. The lowest BCUT2D eigenvalue weighted by Crippen LogP contribution is -2.26. The van der Waals surface area contributed by atoms with E-state index < -0.39 is 0 Å². The first-order valence-electron chi connectivity index (χ1n) is 8.30. The van der Waals surface area contributed by atoms with Crippen molar-refractivity contribution in [2.75, 3.05) is 6.54 Å². The summed E-state index contributed by atoms with van der Waals surface area (Å²) in [7, 11) is 0. The Labute approximate surface area is 144 Å². The average Bonchev–Trinajstić information content (AvgIpc) is 3.20. The molecule has 0 spiro atoms. The van der Waals surface area contributed by atoms with E-state index >= 15 is 0 Å². The first-order chi connectivity index (χ1) is 12.2. The molecule has 1 N–H and O–H groups in total. The van der Waals surface area contributed by atoms with E-state index in [-0.39, 0.29) is 5.82 Å². The third-order valence-electron chi connectivity index (χ3n) is 4.36. The van der Waals surface area contributed by atoms with E-state index in [4.69, 9.17) is 0 Å². The molecule has 0 aliphatic carbocycles. The van der Waals surface area contributed by atoms with Gasteiger partial charge in [-0.25, -0.2) is 14.4 Å². The van der Waals surface area contributed by atoms with Gasteiger partial charge in [0.05, 0.1) is 24.1 Å². The number of aryl methyl sites for hydroxylation is 2. The van der Waals surface area contributed by atoms with Crippen molar-refractivity contribution in [1.82, 2.24) is 24.4 Å². The number of aliphatic imine (C=N–C) groups is 1. The van der Waals surface area contributed by atoms with Gasteiger partial charge in [0.1, 0.15) is 11.6 Å². The van der Waals surface area contributed by atoms with E-state index in [0.29, 0.717) is 24.2 Å². The number of benzene rings is 1. The fourth-order valence-corrected chi connectivity index (χ4v) is 3.10. The van der Waals surface area contributed by atoms with Crippen LogP contribution >= 0.6 is 0 Å². The predicted molar refractivity (Wildman–Crippen MR) is 95.1 cm³/mol. The Morgan fingerprint density at radius 1 is 1.32 bits per heavy atom. The molecule has 25 heavy (non-hydrogen) atoms. The molecule has 7 heteroatoms. The van der Waals surface area contributed by atoms with Crippen LogP contribution in [0.4, 0.5) is 4.39 Å². The second-order valence-corrected chi connectivity index (χ2v) is 5.98. The number of hydrogen-bond acceptors (Lipinski definition) is 4. The van der Waals surface area contributed by atoms with E-state index in [9.17, 15) is 4.39 Å². The standard InChI is InChI=1S/C18H19FN6/c1-3-25-15-9-12(2)13(19)10-14(15)23-16(25)11-24-8-7-22-18(24)17-20-5-4-6-21-17/h4-5,7-10H,3,6,11H2,1-2H3,(H,20,21). The molecule has 1 aromatic carbocycles. The number of halogens is 1. The minimum atomic E-state index is -0.226. The summed E-state index contributed by atoms with van der Waals surface area (Å²) in [5, 5.41) is 3.13. The fourth-order valence-electron chi connectivity index (χ4n) is 3.10. The molecule has 0 radical (unpaired) electrons. The third-order valence-corrected chi connectivity index (χ3v) is 4.36. The number of nitrogens with zero attached hydrogens (tertiary/aromatic N) is 5. The first-order valence-corrected chi connectivity index (χ1v) is 8.30. The zero-order valence-corrected chi connectivity index (χ0v) is 14.2. The molecular formula is C18H19FN6. The van der Waals surface area contributed by atoms with Crippen LogP contribution in [0.15, 0.2) is 41.8 Å². The highest BCUT2D eigenvalue weighted by molar-refractivity contribution is 5.96. The van der Waals surface area contributed by atoms with Gasteiger partial charge in [0.15, 0.2) is 11.7 Å². The molecule has 1 aliphatic heterocycles. The Bertz CT molecular complexity index is 995. The van der Waals surface area contributed by atoms with Gasteiger partial charge >= 0.3 is 0 Å². The van der Waals surface area contributed by atoms with Gasteiger partial charge in [-0.2, -0.15) is 0 Å². The molecule has 4 rings (SSSR count). The predicted octanol–water partition coefficient (Wildman–Crippen LogP) is 2.61. The number of amidine groups is 1. The van der Waals surface area contributed by atoms with Gasteiger partial charge in [0.25, 0.3) is 0 Å². The molecule has 0 amide bonds. The van der Waals surface area contributed by atoms with Crippen LogP contribution < -0.4 is 5.32 Å². The molecule has 3 aromatic rings. The molecule has 0 atom stereocenters. The van der Waals surface area contributed by atoms with Crippen molar-refractivity contribution in [3.63, 3.8) is 0 Å². The van der Waals surface area contributed by atoms with Crippen molar-refractivity contribution in [2.24, 2.45) is 4.99 Å². The third kappa shape index (κ3) is 2.71. The van der Waals surface area contributed by atoms with Gasteiger partial charge in [0, 0.05) is 31.2 Å². The van der Waals surface area contributed by atoms with Gasteiger partial charge < -0.3 is 14.5 Å². The highest BCUT2D eigenvalue weighted by atomic mass is 19.1. The number of rotatable bonds is 4. The SMILES string of the molecule is CCn1c(Cn2ccnc2C2=NCC=CN2)nc2cc(F)c(C)cc21. The molecular weight excluding hydrogens is 319 g/mol. The van der Waals surface area contributed by atoms with Crippen LogP contribution in [0.5, 0.6) is 0 Å². The Morgan fingerprint density at radius 3 is 2.96 bits per heavy atom. The van der Waals surface area contributed by atoms with Crippen molar-refractivity contribution in [3.05, 3.63) is 59.8 Å². The summed E-state index contributed by atoms with van der Waals surface area (Å²) >= 11 is 0. The molecule has 0 fully saturated rings. The summed E-state index contributed by atoms with van der Waals surface area (Å²) < 4.78 is 18.0. The van der Waals surface area contributed by atoms with Gasteiger partial charge in [-0.15, -0.1) is 0 Å². The minimum absolute atomic E-state index is 0.226. The second-order valence-electron chi connectivity index (χ2n) is 5.98. The molecule has 0 bridgehead atoms. The molecule has 0 saturated heterocycles. The van der Waals surface area contributed by atoms with Crippen LogP contribution in [0.1, 0.15) is 24.1 Å². The number of fused-ring (bicyclic) bond motifs is 1. The maximum absolute atomic E-state index is 13.9. The molecule has 0 unspecified atom stereocenters. The smallest absolute Gasteiger partial charge is 0.176 e. The molecule has 128 valence electrons. The number of hydrogen-bond donors (Lipinski definition) is 1. The van der Waals surface area contributed by atoms with E-state index in [0.717, 1.165) is 29.5 Å². The number of nitrogens with one attached hydrogen (secondary N) is 1. The highest BCUT2D eigenvalue weighted by Crippen LogP contribution is 2.21. The lowest BCUT2D eigenvalue weighted by atomic mass is 10.2. The van der Waals surface area contributed by atoms with E-state index in [1.165, 1.54) is 6.07 Å². The summed E-state index contributed by atoms with van der Waals surface area (Å²) in [6, 6.07) is 3.36. The van der Waals surface area contributed by atoms with Crippen LogP contribution in [-0.4, -0.2) is 31.5 Å². The maximum atomic E-state index is 13.9. The van der Waals surface area contributed by atoms with Gasteiger partial charge in [-0.05, 0) is 31.6 Å². The average molecular weight is 338 g/mol. The van der Waals surface area contributed by atoms with Gasteiger partial charge in [-0.1, -0.05) is 0 Å². The minimum Gasteiger partial charge on any atom is -0.344 e. The van der Waals surface area contributed by atoms with Crippen molar-refractivity contribution in [3.8, 4) is 0 Å². The largest absolute Gasteiger partial charge is 0.344 e. The normalized spacial score (nSPS) is 14.0. The van der Waals surface area contributed by atoms with Crippen molar-refractivity contribution >= 4 is 16.9 Å². The van der Waals surface area contributed by atoms with E-state index in [1.807, 2.05) is 29.1 Å². The summed E-state index contributed by atoms with van der Waals surface area (Å²) in [5.74, 6) is 2.15. The van der Waals surface area contributed by atoms with Crippen molar-refractivity contribution in [1.29, 1.82) is 0 Å². The Balaban J connectivity index is 1.74. The van der Waals surface area contributed by atoms with Gasteiger partial charge in [-0.3, -0.25) is 4.99 Å². The summed E-state index contributed by atoms with van der Waals surface area (Å²) in [6.45, 7) is 5.79. The number of imidazole rings is 2. The molecule has 0 saturated carbocycles. The second kappa shape index (κ2) is 6.16. The quantitative estimate of drug-likeness (QED) is 0.795. The highest BCUT2D eigenvalue weighted by Gasteiger charge is 2.16. The Hall–Kier alpha value is -2.96. The first kappa shape index (κ1) is 15.6. The Morgan fingerprint density at radius 2 is 2.20 bits per heavy atom. The zero-order chi connectivity index (χ0) is 17.4. The van der Waals surface area contributed by atoms with Crippen LogP contribution in [-0.2, 0) is 13.1 Å². The Kier molecular flexibility index (Phi) is 3.83. The molecule has 1 aliphatic rings. The molecule has 3 heterocycles. The van der Waals surface area contributed by atoms with Crippen molar-refractivity contribution < 1.29 is 4.39 Å². The van der Waals surface area contributed by atoms with E-state index in [2.05, 4.69) is 31.8 Å². The monoisotopic (exact) mass is 338 g/mol. The maximum Gasteiger partial charge on any atom is 0.176 e.